The molecule has 2 amide bonds. The van der Waals surface area contributed by atoms with Crippen LogP contribution in [0, 0.1) is 5.82 Å². The summed E-state index contributed by atoms with van der Waals surface area (Å²) in [4.78, 5) is 35.9. The summed E-state index contributed by atoms with van der Waals surface area (Å²) in [5.74, 6) is -1.68. The highest BCUT2D eigenvalue weighted by Gasteiger charge is 2.36. The maximum atomic E-state index is 13.1. The molecule has 110 valence electrons. The van der Waals surface area contributed by atoms with E-state index in [1.54, 1.807) is 0 Å². The lowest BCUT2D eigenvalue weighted by Crippen LogP contribution is -2.34. The average Bonchev–Trinajstić information content (AvgIpc) is 2.70. The normalized spacial score (nSPS) is 16.7. The number of esters is 1. The second-order valence-corrected chi connectivity index (χ2v) is 5.87. The number of thioether (sulfide) groups is 1. The van der Waals surface area contributed by atoms with Crippen molar-refractivity contribution >= 4 is 50.9 Å². The van der Waals surface area contributed by atoms with Crippen LogP contribution in [0.1, 0.15) is 5.56 Å². The molecule has 1 aliphatic rings. The zero-order valence-corrected chi connectivity index (χ0v) is 13.2. The fraction of sp³-hybridized carbons (Fsp3) is 0.154. The number of hydrogen-bond donors (Lipinski definition) is 0. The van der Waals surface area contributed by atoms with Gasteiger partial charge in [-0.25, -0.2) is 4.39 Å². The number of halogens is 2. The van der Waals surface area contributed by atoms with Gasteiger partial charge in [0.05, 0.1) is 16.5 Å². The van der Waals surface area contributed by atoms with Gasteiger partial charge >= 0.3 is 5.97 Å². The molecule has 0 saturated carbocycles. The van der Waals surface area contributed by atoms with Crippen molar-refractivity contribution in [2.75, 3.05) is 13.7 Å². The Hall–Kier alpha value is -1.67. The van der Waals surface area contributed by atoms with Crippen LogP contribution in [0.25, 0.3) is 6.08 Å². The first-order chi connectivity index (χ1) is 9.92. The minimum Gasteiger partial charge on any atom is -0.468 e. The number of rotatable bonds is 3. The minimum atomic E-state index is -0.678. The van der Waals surface area contributed by atoms with Gasteiger partial charge in [0, 0.05) is 0 Å². The third-order valence-corrected chi connectivity index (χ3v) is 4.14. The molecular formula is C13H9BrFNO4S. The first-order valence-corrected chi connectivity index (χ1v) is 7.30. The van der Waals surface area contributed by atoms with Gasteiger partial charge in [0.1, 0.15) is 12.4 Å². The summed E-state index contributed by atoms with van der Waals surface area (Å²) in [6, 6.07) is 4.21. The van der Waals surface area contributed by atoms with Gasteiger partial charge in [0.2, 0.25) is 0 Å². The zero-order valence-electron chi connectivity index (χ0n) is 10.8. The van der Waals surface area contributed by atoms with Crippen LogP contribution in [0.5, 0.6) is 0 Å². The quantitative estimate of drug-likeness (QED) is 0.602. The van der Waals surface area contributed by atoms with E-state index >= 15 is 0 Å². The smallest absolute Gasteiger partial charge is 0.325 e. The van der Waals surface area contributed by atoms with Crippen molar-refractivity contribution in [1.29, 1.82) is 0 Å². The second-order valence-electron chi connectivity index (χ2n) is 4.02. The van der Waals surface area contributed by atoms with Crippen molar-refractivity contribution < 1.29 is 23.5 Å². The predicted molar refractivity (Wildman–Crippen MR) is 78.8 cm³/mol. The van der Waals surface area contributed by atoms with Gasteiger partial charge in [-0.15, -0.1) is 0 Å². The summed E-state index contributed by atoms with van der Waals surface area (Å²) in [7, 11) is 1.17. The maximum Gasteiger partial charge on any atom is 0.325 e. The van der Waals surface area contributed by atoms with Crippen molar-refractivity contribution in [3.05, 3.63) is 39.0 Å². The molecule has 0 N–H and O–H groups in total. The fourth-order valence-electron chi connectivity index (χ4n) is 1.58. The molecule has 21 heavy (non-hydrogen) atoms. The molecule has 1 fully saturated rings. The standard InChI is InChI=1S/C13H9BrFNO4S/c1-20-11(17)6-16-12(18)10(21-13(16)19)5-7-2-3-9(15)8(14)4-7/h2-5H,6H2,1H3/b10-5-. The van der Waals surface area contributed by atoms with E-state index in [0.29, 0.717) is 5.56 Å². The molecule has 0 aliphatic carbocycles. The summed E-state index contributed by atoms with van der Waals surface area (Å²) in [6.45, 7) is -0.425. The largest absolute Gasteiger partial charge is 0.468 e. The van der Waals surface area contributed by atoms with Crippen LogP contribution in [0.4, 0.5) is 9.18 Å². The minimum absolute atomic E-state index is 0.169. The van der Waals surface area contributed by atoms with Crippen molar-refractivity contribution in [2.45, 2.75) is 0 Å². The van der Waals surface area contributed by atoms with Gasteiger partial charge < -0.3 is 4.74 Å². The molecule has 0 spiro atoms. The molecule has 1 aliphatic heterocycles. The molecule has 0 bridgehead atoms. The lowest BCUT2D eigenvalue weighted by atomic mass is 10.2. The zero-order chi connectivity index (χ0) is 15.6. The number of ether oxygens (including phenoxy) is 1. The third kappa shape index (κ3) is 3.51. The van der Waals surface area contributed by atoms with Crippen LogP contribution in [0.3, 0.4) is 0 Å². The fourth-order valence-corrected chi connectivity index (χ4v) is 2.82. The summed E-state index contributed by atoms with van der Waals surface area (Å²) < 4.78 is 17.8. The number of methoxy groups -OCH3 is 1. The molecule has 1 saturated heterocycles. The van der Waals surface area contributed by atoms with E-state index in [4.69, 9.17) is 0 Å². The maximum absolute atomic E-state index is 13.1. The second kappa shape index (κ2) is 6.40. The lowest BCUT2D eigenvalue weighted by molar-refractivity contribution is -0.143. The van der Waals surface area contributed by atoms with Crippen LogP contribution < -0.4 is 0 Å². The number of benzene rings is 1. The van der Waals surface area contributed by atoms with Gasteiger partial charge in [-0.2, -0.15) is 0 Å². The predicted octanol–water partition coefficient (Wildman–Crippen LogP) is 2.80. The Balaban J connectivity index is 2.23. The van der Waals surface area contributed by atoms with E-state index in [2.05, 4.69) is 20.7 Å². The van der Waals surface area contributed by atoms with Crippen LogP contribution in [-0.2, 0) is 14.3 Å². The highest BCUT2D eigenvalue weighted by Crippen LogP contribution is 2.32. The lowest BCUT2D eigenvalue weighted by Gasteiger charge is -2.09. The van der Waals surface area contributed by atoms with Crippen LogP contribution in [0.2, 0.25) is 0 Å². The summed E-state index contributed by atoms with van der Waals surface area (Å²) in [6.07, 6.45) is 1.46. The molecular weight excluding hydrogens is 365 g/mol. The number of hydrogen-bond acceptors (Lipinski definition) is 5. The van der Waals surface area contributed by atoms with Gasteiger partial charge in [0.15, 0.2) is 0 Å². The number of imide groups is 1. The number of nitrogens with zero attached hydrogens (tertiary/aromatic N) is 1. The average molecular weight is 374 g/mol. The monoisotopic (exact) mass is 373 g/mol. The first kappa shape index (κ1) is 15.7. The van der Waals surface area contributed by atoms with E-state index in [9.17, 15) is 18.8 Å². The first-order valence-electron chi connectivity index (χ1n) is 5.69. The Kier molecular flexibility index (Phi) is 4.79. The number of carbonyl (C=O) groups is 3. The Labute approximate surface area is 132 Å². The molecule has 0 unspecified atom stereocenters. The van der Waals surface area contributed by atoms with Crippen molar-refractivity contribution in [2.24, 2.45) is 0 Å². The topological polar surface area (TPSA) is 63.7 Å². The Morgan fingerprint density at radius 2 is 2.19 bits per heavy atom. The van der Waals surface area contributed by atoms with E-state index in [-0.39, 0.29) is 9.38 Å². The summed E-state index contributed by atoms with van der Waals surface area (Å²) >= 11 is 3.76. The van der Waals surface area contributed by atoms with Crippen molar-refractivity contribution in [3.63, 3.8) is 0 Å². The molecule has 0 atom stereocenters. The SMILES string of the molecule is COC(=O)CN1C(=O)S/C(=C\c2ccc(F)c(Br)c2)C1=O. The molecule has 5 nitrogen and oxygen atoms in total. The Morgan fingerprint density at radius 1 is 1.48 bits per heavy atom. The number of carbonyl (C=O) groups excluding carboxylic acids is 3. The van der Waals surface area contributed by atoms with Crippen LogP contribution >= 0.6 is 27.7 Å². The van der Waals surface area contributed by atoms with E-state index in [1.165, 1.54) is 31.4 Å². The van der Waals surface area contributed by atoms with Crippen molar-refractivity contribution in [3.8, 4) is 0 Å². The summed E-state index contributed by atoms with van der Waals surface area (Å²) in [5, 5.41) is -0.544. The van der Waals surface area contributed by atoms with E-state index in [0.717, 1.165) is 16.7 Å². The van der Waals surface area contributed by atoms with E-state index < -0.39 is 29.5 Å². The Morgan fingerprint density at radius 3 is 2.81 bits per heavy atom. The molecule has 1 aromatic rings. The van der Waals surface area contributed by atoms with Crippen LogP contribution in [-0.4, -0.2) is 35.7 Å². The third-order valence-electron chi connectivity index (χ3n) is 2.63. The Bertz CT molecular complexity index is 662. The van der Waals surface area contributed by atoms with Gasteiger partial charge in [0.25, 0.3) is 11.1 Å². The summed E-state index contributed by atoms with van der Waals surface area (Å²) in [5.41, 5.74) is 0.562. The van der Waals surface area contributed by atoms with Gasteiger partial charge in [-0.05, 0) is 51.5 Å². The molecule has 2 rings (SSSR count). The highest BCUT2D eigenvalue weighted by atomic mass is 79.9. The van der Waals surface area contributed by atoms with Gasteiger partial charge in [-0.1, -0.05) is 6.07 Å². The highest BCUT2D eigenvalue weighted by molar-refractivity contribution is 9.10. The molecule has 8 heteroatoms. The van der Waals surface area contributed by atoms with Gasteiger partial charge in [-0.3, -0.25) is 19.3 Å². The molecule has 1 aromatic carbocycles. The molecule has 1 heterocycles. The van der Waals surface area contributed by atoms with Crippen LogP contribution in [0.15, 0.2) is 27.6 Å². The van der Waals surface area contributed by atoms with Crippen molar-refractivity contribution in [1.82, 2.24) is 4.90 Å². The number of amides is 2. The molecule has 0 aromatic heterocycles. The molecule has 0 radical (unpaired) electrons. The van der Waals surface area contributed by atoms with E-state index in [1.807, 2.05) is 0 Å².